The Kier molecular flexibility index (Phi) is 5.65. The average molecular weight is 215 g/mol. The molecule has 1 aliphatic rings. The van der Waals surface area contributed by atoms with Gasteiger partial charge in [0.1, 0.15) is 6.10 Å². The SMILES string of the molecule is CCCCN(CCO)C(=O)[C@H]1CCCO1. The molecule has 1 amide bonds. The molecule has 15 heavy (non-hydrogen) atoms. The molecule has 1 atom stereocenters. The van der Waals surface area contributed by atoms with Crippen molar-refractivity contribution < 1.29 is 14.6 Å². The molecule has 0 spiro atoms. The van der Waals surface area contributed by atoms with Crippen LogP contribution >= 0.6 is 0 Å². The molecule has 0 saturated carbocycles. The summed E-state index contributed by atoms with van der Waals surface area (Å²) in [5.41, 5.74) is 0. The first kappa shape index (κ1) is 12.5. The zero-order chi connectivity index (χ0) is 11.1. The van der Waals surface area contributed by atoms with Gasteiger partial charge in [0.15, 0.2) is 0 Å². The highest BCUT2D eigenvalue weighted by Gasteiger charge is 2.27. The minimum atomic E-state index is -0.256. The van der Waals surface area contributed by atoms with Crippen LogP contribution in [-0.2, 0) is 9.53 Å². The number of rotatable bonds is 6. The summed E-state index contributed by atoms with van der Waals surface area (Å²) >= 11 is 0. The standard InChI is InChI=1S/C11H21NO3/c1-2-3-6-12(7-8-13)11(14)10-5-4-9-15-10/h10,13H,2-9H2,1H3/t10-/m1/s1. The van der Waals surface area contributed by atoms with Crippen LogP contribution in [0.2, 0.25) is 0 Å². The molecule has 0 aromatic heterocycles. The molecule has 0 bridgehead atoms. The zero-order valence-corrected chi connectivity index (χ0v) is 9.45. The van der Waals surface area contributed by atoms with Gasteiger partial charge in [-0.1, -0.05) is 13.3 Å². The first-order valence-corrected chi connectivity index (χ1v) is 5.80. The van der Waals surface area contributed by atoms with E-state index < -0.39 is 0 Å². The van der Waals surface area contributed by atoms with E-state index in [1.165, 1.54) is 0 Å². The number of amides is 1. The predicted octanol–water partition coefficient (Wildman–Crippen LogP) is 0.786. The summed E-state index contributed by atoms with van der Waals surface area (Å²) in [7, 11) is 0. The van der Waals surface area contributed by atoms with Crippen molar-refractivity contribution in [3.8, 4) is 0 Å². The van der Waals surface area contributed by atoms with Crippen molar-refractivity contribution in [2.75, 3.05) is 26.3 Å². The second-order valence-electron chi connectivity index (χ2n) is 3.90. The summed E-state index contributed by atoms with van der Waals surface area (Å²) in [6.07, 6.45) is 3.58. The largest absolute Gasteiger partial charge is 0.395 e. The smallest absolute Gasteiger partial charge is 0.251 e. The molecule has 1 aliphatic heterocycles. The third-order valence-corrected chi connectivity index (χ3v) is 2.67. The van der Waals surface area contributed by atoms with Crippen LogP contribution < -0.4 is 0 Å². The molecule has 4 nitrogen and oxygen atoms in total. The Morgan fingerprint density at radius 1 is 1.53 bits per heavy atom. The van der Waals surface area contributed by atoms with Crippen molar-refractivity contribution in [2.24, 2.45) is 0 Å². The fraction of sp³-hybridized carbons (Fsp3) is 0.909. The molecular weight excluding hydrogens is 194 g/mol. The van der Waals surface area contributed by atoms with E-state index in [1.807, 2.05) is 0 Å². The molecule has 0 radical (unpaired) electrons. The van der Waals surface area contributed by atoms with E-state index in [2.05, 4.69) is 6.92 Å². The van der Waals surface area contributed by atoms with Crippen LogP contribution in [0.1, 0.15) is 32.6 Å². The van der Waals surface area contributed by atoms with E-state index in [9.17, 15) is 4.79 Å². The Balaban J connectivity index is 2.41. The Hall–Kier alpha value is -0.610. The highest BCUT2D eigenvalue weighted by atomic mass is 16.5. The number of aliphatic hydroxyl groups is 1. The maximum absolute atomic E-state index is 11.9. The predicted molar refractivity (Wildman–Crippen MR) is 57.5 cm³/mol. The van der Waals surface area contributed by atoms with E-state index >= 15 is 0 Å². The first-order valence-electron chi connectivity index (χ1n) is 5.80. The van der Waals surface area contributed by atoms with Gasteiger partial charge in [-0.25, -0.2) is 0 Å². The van der Waals surface area contributed by atoms with E-state index in [4.69, 9.17) is 9.84 Å². The normalized spacial score (nSPS) is 20.5. The van der Waals surface area contributed by atoms with Crippen LogP contribution in [0.5, 0.6) is 0 Å². The number of carbonyl (C=O) groups excluding carboxylic acids is 1. The number of nitrogens with zero attached hydrogens (tertiary/aromatic N) is 1. The maximum Gasteiger partial charge on any atom is 0.251 e. The van der Waals surface area contributed by atoms with Gasteiger partial charge in [-0.2, -0.15) is 0 Å². The van der Waals surface area contributed by atoms with E-state index in [0.717, 1.165) is 32.2 Å². The molecule has 1 saturated heterocycles. The van der Waals surface area contributed by atoms with Gasteiger partial charge in [0.2, 0.25) is 0 Å². The van der Waals surface area contributed by atoms with Crippen molar-refractivity contribution in [3.63, 3.8) is 0 Å². The van der Waals surface area contributed by atoms with E-state index in [0.29, 0.717) is 13.2 Å². The fourth-order valence-electron chi connectivity index (χ4n) is 1.78. The lowest BCUT2D eigenvalue weighted by molar-refractivity contribution is -0.141. The number of aliphatic hydroxyl groups excluding tert-OH is 1. The quantitative estimate of drug-likeness (QED) is 0.712. The van der Waals surface area contributed by atoms with Crippen molar-refractivity contribution >= 4 is 5.91 Å². The van der Waals surface area contributed by atoms with Crippen LogP contribution in [-0.4, -0.2) is 48.3 Å². The van der Waals surface area contributed by atoms with Gasteiger partial charge < -0.3 is 14.7 Å². The molecule has 0 aromatic carbocycles. The van der Waals surface area contributed by atoms with Gasteiger partial charge in [0, 0.05) is 19.7 Å². The Morgan fingerprint density at radius 3 is 2.87 bits per heavy atom. The van der Waals surface area contributed by atoms with Crippen LogP contribution in [0.3, 0.4) is 0 Å². The molecule has 0 aliphatic carbocycles. The Morgan fingerprint density at radius 2 is 2.33 bits per heavy atom. The number of unbranched alkanes of at least 4 members (excludes halogenated alkanes) is 1. The van der Waals surface area contributed by atoms with Gasteiger partial charge in [0.25, 0.3) is 5.91 Å². The van der Waals surface area contributed by atoms with E-state index in [1.54, 1.807) is 4.90 Å². The molecule has 0 aromatic rings. The Labute approximate surface area is 91.2 Å². The van der Waals surface area contributed by atoms with Crippen LogP contribution in [0.4, 0.5) is 0 Å². The summed E-state index contributed by atoms with van der Waals surface area (Å²) < 4.78 is 5.35. The first-order chi connectivity index (χ1) is 7.29. The van der Waals surface area contributed by atoms with Crippen molar-refractivity contribution in [3.05, 3.63) is 0 Å². The molecule has 0 unspecified atom stereocenters. The lowest BCUT2D eigenvalue weighted by Gasteiger charge is -2.24. The zero-order valence-electron chi connectivity index (χ0n) is 9.45. The number of carbonyl (C=O) groups is 1. The highest BCUT2D eigenvalue weighted by Crippen LogP contribution is 2.14. The van der Waals surface area contributed by atoms with Crippen molar-refractivity contribution in [1.82, 2.24) is 4.90 Å². The summed E-state index contributed by atoms with van der Waals surface area (Å²) in [6, 6.07) is 0. The van der Waals surface area contributed by atoms with Crippen LogP contribution in [0.25, 0.3) is 0 Å². The fourth-order valence-corrected chi connectivity index (χ4v) is 1.78. The van der Waals surface area contributed by atoms with Crippen molar-refractivity contribution in [2.45, 2.75) is 38.7 Å². The maximum atomic E-state index is 11.9. The molecule has 88 valence electrons. The number of hydrogen-bond acceptors (Lipinski definition) is 3. The van der Waals surface area contributed by atoms with Gasteiger partial charge in [-0.05, 0) is 19.3 Å². The molecule has 1 rings (SSSR count). The molecule has 4 heteroatoms. The summed E-state index contributed by atoms with van der Waals surface area (Å²) in [4.78, 5) is 13.7. The van der Waals surface area contributed by atoms with Crippen molar-refractivity contribution in [1.29, 1.82) is 0 Å². The van der Waals surface area contributed by atoms with Gasteiger partial charge in [-0.3, -0.25) is 4.79 Å². The molecule has 1 fully saturated rings. The van der Waals surface area contributed by atoms with Gasteiger partial charge in [0.05, 0.1) is 6.61 Å². The molecule has 1 N–H and O–H groups in total. The highest BCUT2D eigenvalue weighted by molar-refractivity contribution is 5.81. The number of ether oxygens (including phenoxy) is 1. The number of hydrogen-bond donors (Lipinski definition) is 1. The summed E-state index contributed by atoms with van der Waals surface area (Å²) in [5, 5.41) is 8.89. The third-order valence-electron chi connectivity index (χ3n) is 2.67. The van der Waals surface area contributed by atoms with Crippen LogP contribution in [0.15, 0.2) is 0 Å². The lowest BCUT2D eigenvalue weighted by atomic mass is 10.2. The van der Waals surface area contributed by atoms with Gasteiger partial charge >= 0.3 is 0 Å². The van der Waals surface area contributed by atoms with Crippen LogP contribution in [0, 0.1) is 0 Å². The summed E-state index contributed by atoms with van der Waals surface area (Å²) in [5.74, 6) is 0.0509. The minimum absolute atomic E-state index is 0.0299. The monoisotopic (exact) mass is 215 g/mol. The topological polar surface area (TPSA) is 49.8 Å². The molecular formula is C11H21NO3. The second kappa shape index (κ2) is 6.80. The lowest BCUT2D eigenvalue weighted by Crippen LogP contribution is -2.41. The average Bonchev–Trinajstić information content (AvgIpc) is 2.76. The minimum Gasteiger partial charge on any atom is -0.395 e. The molecule has 1 heterocycles. The Bertz CT molecular complexity index is 190. The second-order valence-corrected chi connectivity index (χ2v) is 3.90. The van der Waals surface area contributed by atoms with E-state index in [-0.39, 0.29) is 18.6 Å². The third kappa shape index (κ3) is 3.80. The summed E-state index contributed by atoms with van der Waals surface area (Å²) in [6.45, 7) is 3.97. The van der Waals surface area contributed by atoms with Gasteiger partial charge in [-0.15, -0.1) is 0 Å².